The number of rotatable bonds is 14. The Morgan fingerprint density at radius 2 is 1.30 bits per heavy atom. The number of halogens is 9. The van der Waals surface area contributed by atoms with Gasteiger partial charge in [0.05, 0.1) is 5.56 Å². The first-order chi connectivity index (χ1) is 23.9. The highest BCUT2D eigenvalue weighted by Gasteiger charge is 2.38. The number of unbranched alkanes of at least 4 members (excludes halogenated alkanes) is 3. The summed E-state index contributed by atoms with van der Waals surface area (Å²) in [7, 11) is 0. The van der Waals surface area contributed by atoms with Crippen LogP contribution in [-0.2, 0) is 19.0 Å². The molecule has 0 heterocycles. The molecule has 0 N–H and O–H groups in total. The summed E-state index contributed by atoms with van der Waals surface area (Å²) in [4.78, 5) is 0. The lowest BCUT2D eigenvalue weighted by Crippen LogP contribution is -2.23. The normalized spacial score (nSPS) is 16.5. The minimum absolute atomic E-state index is 0.00223. The lowest BCUT2D eigenvalue weighted by atomic mass is 9.77. The molecule has 5 rings (SSSR count). The van der Waals surface area contributed by atoms with E-state index in [2.05, 4.69) is 11.7 Å². The molecule has 0 bridgehead atoms. The zero-order valence-electron chi connectivity index (χ0n) is 27.7. The molecule has 0 aromatic heterocycles. The Morgan fingerprint density at radius 3 is 1.92 bits per heavy atom. The van der Waals surface area contributed by atoms with Gasteiger partial charge in [-0.15, -0.1) is 0 Å². The summed E-state index contributed by atoms with van der Waals surface area (Å²) in [5.74, 6) is -8.92. The molecule has 1 saturated carbocycles. The van der Waals surface area contributed by atoms with E-state index >= 15 is 13.2 Å². The monoisotopic (exact) mass is 706 g/mol. The topological polar surface area (TPSA) is 9.23 Å². The van der Waals surface area contributed by atoms with Crippen molar-refractivity contribution in [1.29, 1.82) is 0 Å². The van der Waals surface area contributed by atoms with Crippen molar-refractivity contribution in [3.63, 3.8) is 0 Å². The average molecular weight is 707 g/mol. The van der Waals surface area contributed by atoms with Crippen molar-refractivity contribution in [2.45, 2.75) is 96.0 Å². The number of aryl methyl sites for hydroxylation is 1. The Kier molecular flexibility index (Phi) is 12.2. The number of benzene rings is 4. The predicted molar refractivity (Wildman–Crippen MR) is 174 cm³/mol. The Morgan fingerprint density at radius 1 is 0.640 bits per heavy atom. The van der Waals surface area contributed by atoms with Gasteiger partial charge in [0.2, 0.25) is 0 Å². The van der Waals surface area contributed by atoms with Crippen molar-refractivity contribution in [3.8, 4) is 16.9 Å². The highest BCUT2D eigenvalue weighted by molar-refractivity contribution is 5.65. The Hall–Kier alpha value is -3.95. The zero-order chi connectivity index (χ0) is 36.0. The van der Waals surface area contributed by atoms with Gasteiger partial charge in [0.15, 0.2) is 17.5 Å². The molecule has 1 fully saturated rings. The fraction of sp³-hybridized carbons (Fsp3) is 0.400. The maximum absolute atomic E-state index is 15.2. The van der Waals surface area contributed by atoms with Crippen LogP contribution in [0.3, 0.4) is 0 Å². The maximum Gasteiger partial charge on any atom is 0.429 e. The second kappa shape index (κ2) is 16.4. The summed E-state index contributed by atoms with van der Waals surface area (Å²) in [6.07, 6.45) is 5.67. The highest BCUT2D eigenvalue weighted by atomic mass is 19.3. The maximum atomic E-state index is 15.2. The number of hydrogen-bond acceptors (Lipinski definition) is 1. The number of alkyl halides is 2. The van der Waals surface area contributed by atoms with E-state index in [1.54, 1.807) is 6.07 Å². The minimum atomic E-state index is -4.34. The molecule has 4 aromatic rings. The van der Waals surface area contributed by atoms with Crippen LogP contribution >= 0.6 is 0 Å². The van der Waals surface area contributed by atoms with Gasteiger partial charge in [0, 0.05) is 23.3 Å². The molecule has 1 aliphatic rings. The van der Waals surface area contributed by atoms with Gasteiger partial charge in [-0.05, 0) is 110 Å². The molecule has 1 aliphatic carbocycles. The van der Waals surface area contributed by atoms with Gasteiger partial charge in [-0.1, -0.05) is 50.8 Å². The summed E-state index contributed by atoms with van der Waals surface area (Å²) in [6, 6.07) is 10.4. The fourth-order valence-corrected chi connectivity index (χ4v) is 6.86. The molecule has 10 heteroatoms. The van der Waals surface area contributed by atoms with Gasteiger partial charge >= 0.3 is 6.11 Å². The van der Waals surface area contributed by atoms with Crippen LogP contribution in [0.15, 0.2) is 60.7 Å². The van der Waals surface area contributed by atoms with Crippen molar-refractivity contribution >= 4 is 0 Å². The van der Waals surface area contributed by atoms with Crippen LogP contribution < -0.4 is 4.74 Å². The van der Waals surface area contributed by atoms with Crippen LogP contribution in [0.4, 0.5) is 39.5 Å². The average Bonchev–Trinajstić information content (AvgIpc) is 3.06. The summed E-state index contributed by atoms with van der Waals surface area (Å²) < 4.78 is 133. The molecular formula is C40H39F9O. The van der Waals surface area contributed by atoms with Gasteiger partial charge in [-0.25, -0.2) is 30.7 Å². The molecule has 50 heavy (non-hydrogen) atoms. The molecule has 0 amide bonds. The lowest BCUT2D eigenvalue weighted by Gasteiger charge is -2.29. The molecule has 1 nitrogen and oxygen atoms in total. The van der Waals surface area contributed by atoms with Crippen LogP contribution in [0.2, 0.25) is 0 Å². The standard InChI is InChI=1S/C40H39F9O/c1-2-3-4-7-24-10-13-26(14-11-24)27-15-16-30(33(41)19-27)28-20-34(42)31(35(43)21-28)9-6-5-8-25-12-17-32(36(44)18-25)40(48,49)50-29-22-37(45)39(47)38(46)23-29/h12,15-24,26H,2-11,13-14H2,1H3. The lowest BCUT2D eigenvalue weighted by molar-refractivity contribution is -0.187. The van der Waals surface area contributed by atoms with E-state index in [0.29, 0.717) is 12.0 Å². The third-order valence-electron chi connectivity index (χ3n) is 9.67. The molecule has 268 valence electrons. The Labute approximate surface area is 286 Å². The van der Waals surface area contributed by atoms with E-state index < -0.39 is 58.1 Å². The van der Waals surface area contributed by atoms with E-state index in [-0.39, 0.29) is 54.0 Å². The molecule has 0 saturated heterocycles. The smallest absolute Gasteiger partial charge is 0.429 e. The minimum Gasteiger partial charge on any atom is -0.429 e. The highest BCUT2D eigenvalue weighted by Crippen LogP contribution is 2.39. The quantitative estimate of drug-likeness (QED) is 0.0721. The second-order valence-corrected chi connectivity index (χ2v) is 13.2. The number of hydrogen-bond donors (Lipinski definition) is 0. The number of ether oxygens (including phenoxy) is 1. The van der Waals surface area contributed by atoms with Crippen molar-refractivity contribution in [1.82, 2.24) is 0 Å². The Balaban J connectivity index is 1.15. The van der Waals surface area contributed by atoms with E-state index in [1.807, 2.05) is 6.07 Å². The summed E-state index contributed by atoms with van der Waals surface area (Å²) in [5.41, 5.74) is 0.0561. The third kappa shape index (κ3) is 9.04. The van der Waals surface area contributed by atoms with E-state index in [1.165, 1.54) is 37.8 Å². The fourth-order valence-electron chi connectivity index (χ4n) is 6.86. The molecule has 0 unspecified atom stereocenters. The van der Waals surface area contributed by atoms with Crippen molar-refractivity contribution in [3.05, 3.63) is 124 Å². The molecule has 0 atom stereocenters. The van der Waals surface area contributed by atoms with Crippen LogP contribution in [0.1, 0.15) is 99.3 Å². The van der Waals surface area contributed by atoms with Crippen LogP contribution in [0.25, 0.3) is 11.1 Å². The van der Waals surface area contributed by atoms with Gasteiger partial charge in [-0.2, -0.15) is 8.78 Å². The summed E-state index contributed by atoms with van der Waals surface area (Å²) in [6.45, 7) is 2.19. The van der Waals surface area contributed by atoms with Gasteiger partial charge in [-0.3, -0.25) is 0 Å². The first kappa shape index (κ1) is 37.3. The summed E-state index contributed by atoms with van der Waals surface area (Å²) >= 11 is 0. The summed E-state index contributed by atoms with van der Waals surface area (Å²) in [5, 5.41) is 0. The van der Waals surface area contributed by atoms with E-state index in [4.69, 9.17) is 0 Å². The molecular weight excluding hydrogens is 667 g/mol. The SMILES string of the molecule is CCCCCC1CCC(c2ccc(-c3cc(F)c(CCCCc4ccc(C(F)(F)Oc5cc(F)c(F)c(F)c5)c(F)c4)c(F)c3)c(F)c2)CC1. The first-order valence-corrected chi connectivity index (χ1v) is 17.1. The van der Waals surface area contributed by atoms with Crippen LogP contribution in [-0.4, -0.2) is 0 Å². The van der Waals surface area contributed by atoms with Gasteiger partial charge in [0.1, 0.15) is 29.0 Å². The van der Waals surface area contributed by atoms with E-state index in [0.717, 1.165) is 61.4 Å². The van der Waals surface area contributed by atoms with Crippen LogP contribution in [0, 0.1) is 46.6 Å². The second-order valence-electron chi connectivity index (χ2n) is 13.2. The molecule has 0 spiro atoms. The predicted octanol–water partition coefficient (Wildman–Crippen LogP) is 12.9. The molecule has 4 aromatic carbocycles. The van der Waals surface area contributed by atoms with Gasteiger partial charge < -0.3 is 4.74 Å². The Bertz CT molecular complexity index is 1730. The van der Waals surface area contributed by atoms with Crippen molar-refractivity contribution < 1.29 is 44.3 Å². The van der Waals surface area contributed by atoms with E-state index in [9.17, 15) is 26.3 Å². The molecule has 0 aliphatic heterocycles. The van der Waals surface area contributed by atoms with Crippen molar-refractivity contribution in [2.24, 2.45) is 5.92 Å². The zero-order valence-corrected chi connectivity index (χ0v) is 27.7. The van der Waals surface area contributed by atoms with Gasteiger partial charge in [0.25, 0.3) is 0 Å². The molecule has 0 radical (unpaired) electrons. The first-order valence-electron chi connectivity index (χ1n) is 17.1. The third-order valence-corrected chi connectivity index (χ3v) is 9.67. The largest absolute Gasteiger partial charge is 0.429 e. The van der Waals surface area contributed by atoms with Crippen molar-refractivity contribution in [2.75, 3.05) is 0 Å². The van der Waals surface area contributed by atoms with Crippen LogP contribution in [0.5, 0.6) is 5.75 Å².